The van der Waals surface area contributed by atoms with Crippen molar-refractivity contribution in [1.29, 1.82) is 0 Å². The van der Waals surface area contributed by atoms with Gasteiger partial charge in [0, 0.05) is 6.42 Å². The largest absolute Gasteiger partial charge is 0.506 e. The van der Waals surface area contributed by atoms with Gasteiger partial charge >= 0.3 is 5.97 Å². The molecule has 1 fully saturated rings. The van der Waals surface area contributed by atoms with Crippen molar-refractivity contribution >= 4 is 17.6 Å². The first kappa shape index (κ1) is 13.4. The Labute approximate surface area is 110 Å². The summed E-state index contributed by atoms with van der Waals surface area (Å²) in [5.74, 6) is -1.16. The summed E-state index contributed by atoms with van der Waals surface area (Å²) in [5, 5.41) is 24.2. The minimum Gasteiger partial charge on any atom is -0.506 e. The summed E-state index contributed by atoms with van der Waals surface area (Å²) < 4.78 is 0. The molecule has 0 aliphatic carbocycles. The van der Waals surface area contributed by atoms with Gasteiger partial charge in [0.05, 0.1) is 11.3 Å². The fraction of sp³-hybridized carbons (Fsp3) is 0.385. The van der Waals surface area contributed by atoms with E-state index in [1.807, 2.05) is 0 Å². The lowest BCUT2D eigenvalue weighted by Crippen LogP contribution is -2.18. The second kappa shape index (κ2) is 5.71. The minimum absolute atomic E-state index is 0.0237. The molecule has 102 valence electrons. The molecule has 1 aromatic carbocycles. The number of nitrogens with one attached hydrogen (secondary N) is 2. The predicted octanol–water partition coefficient (Wildman–Crippen LogP) is 1.03. The van der Waals surface area contributed by atoms with Gasteiger partial charge in [-0.1, -0.05) is 0 Å². The molecule has 2 rings (SSSR count). The van der Waals surface area contributed by atoms with Crippen LogP contribution in [0.1, 0.15) is 23.2 Å². The number of aromatic hydroxyl groups is 1. The number of hydrogen-bond acceptors (Lipinski definition) is 4. The highest BCUT2D eigenvalue weighted by atomic mass is 16.4. The van der Waals surface area contributed by atoms with E-state index in [-0.39, 0.29) is 22.9 Å². The number of amides is 1. The van der Waals surface area contributed by atoms with E-state index >= 15 is 0 Å². The number of carbonyl (C=O) groups excluding carboxylic acids is 1. The van der Waals surface area contributed by atoms with Gasteiger partial charge < -0.3 is 20.8 Å². The molecule has 1 amide bonds. The number of benzene rings is 1. The molecular formula is C13H16N2O4. The maximum atomic E-state index is 11.8. The van der Waals surface area contributed by atoms with Gasteiger partial charge in [-0.25, -0.2) is 4.79 Å². The summed E-state index contributed by atoms with van der Waals surface area (Å²) in [6.07, 6.45) is 1.32. The molecule has 0 saturated carbocycles. The van der Waals surface area contributed by atoms with Crippen molar-refractivity contribution in [2.24, 2.45) is 5.92 Å². The lowest BCUT2D eigenvalue weighted by molar-refractivity contribution is -0.117. The number of aromatic carboxylic acids is 1. The third kappa shape index (κ3) is 3.45. The number of carbonyl (C=O) groups is 2. The number of phenolic OH excluding ortho intramolecular Hbond substituents is 1. The van der Waals surface area contributed by atoms with E-state index in [4.69, 9.17) is 5.11 Å². The van der Waals surface area contributed by atoms with Gasteiger partial charge in [-0.05, 0) is 43.6 Å². The molecule has 6 heteroatoms. The van der Waals surface area contributed by atoms with Crippen LogP contribution in [0.5, 0.6) is 5.75 Å². The maximum absolute atomic E-state index is 11.8. The van der Waals surface area contributed by atoms with Crippen LogP contribution in [0.25, 0.3) is 0 Å². The van der Waals surface area contributed by atoms with Crippen molar-refractivity contribution in [2.75, 3.05) is 18.4 Å². The fourth-order valence-corrected chi connectivity index (χ4v) is 2.12. The van der Waals surface area contributed by atoms with Gasteiger partial charge in [0.1, 0.15) is 5.75 Å². The number of phenols is 1. The number of hydrogen-bond donors (Lipinski definition) is 4. The predicted molar refractivity (Wildman–Crippen MR) is 69.3 cm³/mol. The Morgan fingerprint density at radius 3 is 2.84 bits per heavy atom. The molecule has 1 atom stereocenters. The van der Waals surface area contributed by atoms with Crippen molar-refractivity contribution in [1.82, 2.24) is 5.32 Å². The number of carboxylic acids is 1. The summed E-state index contributed by atoms with van der Waals surface area (Å²) in [6, 6.07) is 3.80. The Kier molecular flexibility index (Phi) is 4.01. The molecule has 19 heavy (non-hydrogen) atoms. The van der Waals surface area contributed by atoms with Crippen LogP contribution in [0.3, 0.4) is 0 Å². The molecule has 0 aromatic heterocycles. The molecule has 0 spiro atoms. The van der Waals surface area contributed by atoms with Crippen LogP contribution in [0.15, 0.2) is 18.2 Å². The van der Waals surface area contributed by atoms with Crippen LogP contribution in [0.4, 0.5) is 5.69 Å². The van der Waals surface area contributed by atoms with E-state index in [0.717, 1.165) is 19.5 Å². The molecular weight excluding hydrogens is 248 g/mol. The first-order valence-corrected chi connectivity index (χ1v) is 6.13. The van der Waals surface area contributed by atoms with Crippen LogP contribution in [0, 0.1) is 5.92 Å². The quantitative estimate of drug-likeness (QED) is 0.609. The van der Waals surface area contributed by atoms with E-state index in [9.17, 15) is 14.7 Å². The molecule has 1 unspecified atom stereocenters. The number of carboxylic acid groups (broad SMARTS) is 1. The minimum atomic E-state index is -1.10. The summed E-state index contributed by atoms with van der Waals surface area (Å²) in [5.41, 5.74) is 0.159. The molecule has 1 aliphatic heterocycles. The Balaban J connectivity index is 2.02. The van der Waals surface area contributed by atoms with Crippen LogP contribution < -0.4 is 10.6 Å². The lowest BCUT2D eigenvalue weighted by atomic mass is 10.0. The highest BCUT2D eigenvalue weighted by molar-refractivity contribution is 5.95. The van der Waals surface area contributed by atoms with E-state index in [1.54, 1.807) is 0 Å². The lowest BCUT2D eigenvalue weighted by Gasteiger charge is -2.10. The highest BCUT2D eigenvalue weighted by Gasteiger charge is 2.19. The third-order valence-corrected chi connectivity index (χ3v) is 3.15. The maximum Gasteiger partial charge on any atom is 0.335 e. The van der Waals surface area contributed by atoms with Crippen LogP contribution in [-0.4, -0.2) is 35.2 Å². The zero-order chi connectivity index (χ0) is 13.8. The third-order valence-electron chi connectivity index (χ3n) is 3.15. The summed E-state index contributed by atoms with van der Waals surface area (Å²) in [7, 11) is 0. The first-order valence-electron chi connectivity index (χ1n) is 6.13. The van der Waals surface area contributed by atoms with Gasteiger partial charge in [-0.2, -0.15) is 0 Å². The zero-order valence-corrected chi connectivity index (χ0v) is 10.3. The normalized spacial score (nSPS) is 18.2. The molecule has 4 N–H and O–H groups in total. The van der Waals surface area contributed by atoms with Crippen molar-refractivity contribution in [2.45, 2.75) is 12.8 Å². The van der Waals surface area contributed by atoms with Crippen molar-refractivity contribution < 1.29 is 19.8 Å². The second-order valence-electron chi connectivity index (χ2n) is 4.65. The number of rotatable bonds is 4. The van der Waals surface area contributed by atoms with Gasteiger partial charge in [-0.15, -0.1) is 0 Å². The van der Waals surface area contributed by atoms with E-state index in [1.165, 1.54) is 18.2 Å². The smallest absolute Gasteiger partial charge is 0.335 e. The van der Waals surface area contributed by atoms with E-state index in [2.05, 4.69) is 10.6 Å². The van der Waals surface area contributed by atoms with Crippen LogP contribution >= 0.6 is 0 Å². The Hall–Kier alpha value is -2.08. The monoisotopic (exact) mass is 264 g/mol. The average Bonchev–Trinajstić information content (AvgIpc) is 2.84. The van der Waals surface area contributed by atoms with Crippen LogP contribution in [0.2, 0.25) is 0 Å². The molecule has 1 aromatic rings. The van der Waals surface area contributed by atoms with Gasteiger partial charge in [0.15, 0.2) is 0 Å². The topological polar surface area (TPSA) is 98.7 Å². The summed E-state index contributed by atoms with van der Waals surface area (Å²) in [6.45, 7) is 1.73. The standard InChI is InChI=1S/C13H16N2O4/c16-11-2-1-9(13(18)19)6-10(11)15-12(17)5-8-3-4-14-7-8/h1-2,6,8,14,16H,3-5,7H2,(H,15,17)(H,18,19). The Morgan fingerprint density at radius 1 is 1.42 bits per heavy atom. The SMILES string of the molecule is O=C(CC1CCNC1)Nc1cc(C(=O)O)ccc1O. The van der Waals surface area contributed by atoms with E-state index in [0.29, 0.717) is 12.3 Å². The van der Waals surface area contributed by atoms with Gasteiger partial charge in [0.2, 0.25) is 5.91 Å². The van der Waals surface area contributed by atoms with E-state index < -0.39 is 5.97 Å². The van der Waals surface area contributed by atoms with Crippen molar-refractivity contribution in [3.8, 4) is 5.75 Å². The first-order chi connectivity index (χ1) is 9.06. The molecule has 1 saturated heterocycles. The molecule has 0 bridgehead atoms. The number of anilines is 1. The van der Waals surface area contributed by atoms with Gasteiger partial charge in [0.25, 0.3) is 0 Å². The Morgan fingerprint density at radius 2 is 2.21 bits per heavy atom. The molecule has 0 radical (unpaired) electrons. The average molecular weight is 264 g/mol. The molecule has 6 nitrogen and oxygen atoms in total. The molecule has 1 heterocycles. The molecule has 1 aliphatic rings. The summed E-state index contributed by atoms with van der Waals surface area (Å²) in [4.78, 5) is 22.6. The summed E-state index contributed by atoms with van der Waals surface area (Å²) >= 11 is 0. The van der Waals surface area contributed by atoms with Crippen molar-refractivity contribution in [3.63, 3.8) is 0 Å². The zero-order valence-electron chi connectivity index (χ0n) is 10.3. The second-order valence-corrected chi connectivity index (χ2v) is 4.65. The Bertz CT molecular complexity index is 495. The van der Waals surface area contributed by atoms with Gasteiger partial charge in [-0.3, -0.25) is 4.79 Å². The fourth-order valence-electron chi connectivity index (χ4n) is 2.12. The van der Waals surface area contributed by atoms with Crippen LogP contribution in [-0.2, 0) is 4.79 Å². The van der Waals surface area contributed by atoms with Crippen molar-refractivity contribution in [3.05, 3.63) is 23.8 Å². The highest BCUT2D eigenvalue weighted by Crippen LogP contribution is 2.25.